The van der Waals surface area contributed by atoms with Crippen molar-refractivity contribution < 1.29 is 9.53 Å². The van der Waals surface area contributed by atoms with E-state index in [1.54, 1.807) is 19.0 Å². The van der Waals surface area contributed by atoms with Gasteiger partial charge in [0.25, 0.3) is 0 Å². The molecule has 0 saturated carbocycles. The number of nitrogens with one attached hydrogen (secondary N) is 2. The summed E-state index contributed by atoms with van der Waals surface area (Å²) in [6, 6.07) is 8.21. The number of hydrogen-bond donors (Lipinski definition) is 2. The number of benzene rings is 1. The van der Waals surface area contributed by atoms with Crippen LogP contribution >= 0.6 is 11.6 Å². The third-order valence-electron chi connectivity index (χ3n) is 5.17. The van der Waals surface area contributed by atoms with Gasteiger partial charge >= 0.3 is 0 Å². The largest absolute Gasteiger partial charge is 0.381 e. The van der Waals surface area contributed by atoms with Crippen molar-refractivity contribution >= 4 is 29.2 Å². The van der Waals surface area contributed by atoms with Crippen LogP contribution in [0.5, 0.6) is 0 Å². The second kappa shape index (κ2) is 9.98. The van der Waals surface area contributed by atoms with Gasteiger partial charge in [-0.3, -0.25) is 4.79 Å². The molecule has 1 amide bonds. The molecule has 2 unspecified atom stereocenters. The predicted octanol–water partition coefficient (Wildman–Crippen LogP) is 1.58. The SMILES string of the molecule is CN(C)C(=O)CN=C(NCC1CCOC1)NC1CCN(c2ccc(Cl)cc2)C1. The summed E-state index contributed by atoms with van der Waals surface area (Å²) >= 11 is 5.99. The van der Waals surface area contributed by atoms with Crippen molar-refractivity contribution in [3.8, 4) is 0 Å². The Bertz CT molecular complexity index is 674. The average Bonchev–Trinajstić information content (AvgIpc) is 3.36. The van der Waals surface area contributed by atoms with E-state index in [2.05, 4.69) is 20.5 Å². The summed E-state index contributed by atoms with van der Waals surface area (Å²) < 4.78 is 5.45. The maximum Gasteiger partial charge on any atom is 0.243 e. The number of aliphatic imine (C=N–C) groups is 1. The molecule has 2 fully saturated rings. The highest BCUT2D eigenvalue weighted by molar-refractivity contribution is 6.30. The van der Waals surface area contributed by atoms with Gasteiger partial charge in [-0.1, -0.05) is 11.6 Å². The minimum absolute atomic E-state index is 0.0143. The van der Waals surface area contributed by atoms with Crippen LogP contribution in [0.2, 0.25) is 5.02 Å². The van der Waals surface area contributed by atoms with Gasteiger partial charge in [0.2, 0.25) is 5.91 Å². The van der Waals surface area contributed by atoms with Gasteiger partial charge in [0.1, 0.15) is 6.54 Å². The molecule has 8 heteroatoms. The molecule has 0 bridgehead atoms. The lowest BCUT2D eigenvalue weighted by Gasteiger charge is -2.21. The third kappa shape index (κ3) is 6.01. The van der Waals surface area contributed by atoms with E-state index in [0.717, 1.165) is 50.7 Å². The normalized spacial score (nSPS) is 22.4. The van der Waals surface area contributed by atoms with Crippen molar-refractivity contribution in [1.82, 2.24) is 15.5 Å². The van der Waals surface area contributed by atoms with Gasteiger partial charge in [-0.05, 0) is 37.1 Å². The first-order chi connectivity index (χ1) is 13.5. The third-order valence-corrected chi connectivity index (χ3v) is 5.43. The average molecular weight is 408 g/mol. The molecule has 0 spiro atoms. The van der Waals surface area contributed by atoms with Crippen molar-refractivity contribution in [2.45, 2.75) is 18.9 Å². The Labute approximate surface area is 172 Å². The van der Waals surface area contributed by atoms with Crippen LogP contribution in [0.4, 0.5) is 5.69 Å². The lowest BCUT2D eigenvalue weighted by atomic mass is 10.1. The molecule has 28 heavy (non-hydrogen) atoms. The first-order valence-electron chi connectivity index (χ1n) is 9.84. The van der Waals surface area contributed by atoms with Crippen molar-refractivity contribution in [3.63, 3.8) is 0 Å². The maximum absolute atomic E-state index is 11.9. The van der Waals surface area contributed by atoms with Gasteiger partial charge in [-0.25, -0.2) is 4.99 Å². The number of carbonyl (C=O) groups excluding carboxylic acids is 1. The number of anilines is 1. The number of halogens is 1. The Kier molecular flexibility index (Phi) is 7.39. The first kappa shape index (κ1) is 20.7. The molecule has 3 rings (SSSR count). The lowest BCUT2D eigenvalue weighted by molar-refractivity contribution is -0.127. The molecule has 2 saturated heterocycles. The van der Waals surface area contributed by atoms with Gasteiger partial charge < -0.3 is 25.2 Å². The monoisotopic (exact) mass is 407 g/mol. The van der Waals surface area contributed by atoms with Gasteiger partial charge in [0, 0.05) is 63.0 Å². The molecule has 0 aromatic heterocycles. The second-order valence-corrected chi connectivity index (χ2v) is 8.05. The fourth-order valence-electron chi connectivity index (χ4n) is 3.38. The molecule has 154 valence electrons. The molecule has 1 aromatic rings. The Morgan fingerprint density at radius 1 is 1.32 bits per heavy atom. The summed E-state index contributed by atoms with van der Waals surface area (Å²) in [6.07, 6.45) is 2.07. The van der Waals surface area contributed by atoms with Gasteiger partial charge in [0.15, 0.2) is 5.96 Å². The van der Waals surface area contributed by atoms with Crippen LogP contribution in [-0.4, -0.2) is 76.3 Å². The fourth-order valence-corrected chi connectivity index (χ4v) is 3.51. The maximum atomic E-state index is 11.9. The summed E-state index contributed by atoms with van der Waals surface area (Å²) in [6.45, 7) is 4.40. The van der Waals surface area contributed by atoms with Crippen LogP contribution in [0.3, 0.4) is 0 Å². The van der Waals surface area contributed by atoms with Crippen LogP contribution < -0.4 is 15.5 Å². The lowest BCUT2D eigenvalue weighted by Crippen LogP contribution is -2.46. The number of rotatable bonds is 6. The molecular formula is C20H30ClN5O2. The summed E-state index contributed by atoms with van der Waals surface area (Å²) in [7, 11) is 3.49. The zero-order valence-corrected chi connectivity index (χ0v) is 17.4. The van der Waals surface area contributed by atoms with Gasteiger partial charge in [-0.15, -0.1) is 0 Å². The smallest absolute Gasteiger partial charge is 0.243 e. The van der Waals surface area contributed by atoms with Crippen LogP contribution in [0.25, 0.3) is 0 Å². The summed E-state index contributed by atoms with van der Waals surface area (Å²) in [5, 5.41) is 7.65. The number of hydrogen-bond acceptors (Lipinski definition) is 4. The standard InChI is InChI=1S/C20H30ClN5O2/c1-25(2)19(27)12-23-20(22-11-15-8-10-28-14-15)24-17-7-9-26(13-17)18-5-3-16(21)4-6-18/h3-6,15,17H,7-14H2,1-2H3,(H2,22,23,24). The van der Waals surface area contributed by atoms with E-state index in [0.29, 0.717) is 11.9 Å². The van der Waals surface area contributed by atoms with Gasteiger partial charge in [0.05, 0.1) is 6.61 Å². The topological polar surface area (TPSA) is 69.2 Å². The molecule has 1 aromatic carbocycles. The Hall–Kier alpha value is -1.99. The number of amides is 1. The molecule has 7 nitrogen and oxygen atoms in total. The molecular weight excluding hydrogens is 378 g/mol. The van der Waals surface area contributed by atoms with Crippen LogP contribution in [0.1, 0.15) is 12.8 Å². The highest BCUT2D eigenvalue weighted by Crippen LogP contribution is 2.22. The quantitative estimate of drug-likeness (QED) is 0.553. The molecule has 0 aliphatic carbocycles. The first-order valence-corrected chi connectivity index (χ1v) is 10.2. The zero-order chi connectivity index (χ0) is 19.9. The number of likely N-dealkylation sites (N-methyl/N-ethyl adjacent to an activating group) is 1. The number of guanidine groups is 1. The van der Waals surface area contributed by atoms with Gasteiger partial charge in [-0.2, -0.15) is 0 Å². The van der Waals surface area contributed by atoms with E-state index in [9.17, 15) is 4.79 Å². The zero-order valence-electron chi connectivity index (χ0n) is 16.7. The Balaban J connectivity index is 1.57. The minimum atomic E-state index is -0.0143. The molecule has 0 radical (unpaired) electrons. The van der Waals surface area contributed by atoms with E-state index in [1.165, 1.54) is 5.69 Å². The van der Waals surface area contributed by atoms with Crippen molar-refractivity contribution in [2.75, 3.05) is 58.4 Å². The summed E-state index contributed by atoms with van der Waals surface area (Å²) in [5.41, 5.74) is 1.17. The summed E-state index contributed by atoms with van der Waals surface area (Å²) in [5.74, 6) is 1.18. The number of nitrogens with zero attached hydrogens (tertiary/aromatic N) is 3. The molecule has 2 heterocycles. The van der Waals surface area contributed by atoms with Crippen molar-refractivity contribution in [2.24, 2.45) is 10.9 Å². The fraction of sp³-hybridized carbons (Fsp3) is 0.600. The highest BCUT2D eigenvalue weighted by atomic mass is 35.5. The van der Waals surface area contributed by atoms with Crippen LogP contribution in [0, 0.1) is 5.92 Å². The Morgan fingerprint density at radius 3 is 2.79 bits per heavy atom. The second-order valence-electron chi connectivity index (χ2n) is 7.62. The van der Waals surface area contributed by atoms with Crippen LogP contribution in [0.15, 0.2) is 29.3 Å². The van der Waals surface area contributed by atoms with Crippen LogP contribution in [-0.2, 0) is 9.53 Å². The van der Waals surface area contributed by atoms with Crippen molar-refractivity contribution in [1.29, 1.82) is 0 Å². The van der Waals surface area contributed by atoms with E-state index in [1.807, 2.05) is 24.3 Å². The molecule has 2 atom stereocenters. The van der Waals surface area contributed by atoms with Crippen molar-refractivity contribution in [3.05, 3.63) is 29.3 Å². The van der Waals surface area contributed by atoms with E-state index >= 15 is 0 Å². The predicted molar refractivity (Wildman–Crippen MR) is 113 cm³/mol. The van der Waals surface area contributed by atoms with E-state index < -0.39 is 0 Å². The van der Waals surface area contributed by atoms with E-state index in [4.69, 9.17) is 16.3 Å². The highest BCUT2D eigenvalue weighted by Gasteiger charge is 2.24. The van der Waals surface area contributed by atoms with E-state index in [-0.39, 0.29) is 18.5 Å². The molecule has 2 aliphatic heterocycles. The minimum Gasteiger partial charge on any atom is -0.381 e. The number of ether oxygens (including phenoxy) is 1. The molecule has 2 N–H and O–H groups in total. The number of carbonyl (C=O) groups is 1. The molecule has 2 aliphatic rings. The summed E-state index contributed by atoms with van der Waals surface area (Å²) in [4.78, 5) is 20.3. The Morgan fingerprint density at radius 2 is 2.11 bits per heavy atom.